The Labute approximate surface area is 239 Å². The maximum atomic E-state index is 13.6. The highest BCUT2D eigenvalue weighted by Gasteiger charge is 2.24. The van der Waals surface area contributed by atoms with Gasteiger partial charge in [-0.05, 0) is 92.1 Å². The van der Waals surface area contributed by atoms with Gasteiger partial charge in [-0.25, -0.2) is 4.79 Å². The molecule has 3 rings (SSSR count). The molecule has 2 N–H and O–H groups in total. The molecule has 1 saturated heterocycles. The van der Waals surface area contributed by atoms with Crippen molar-refractivity contribution in [2.24, 2.45) is 0 Å². The van der Waals surface area contributed by atoms with Crippen LogP contribution < -0.4 is 10.6 Å². The number of piperidine rings is 1. The number of nitrogens with one attached hydrogen (secondary N) is 2. The van der Waals surface area contributed by atoms with Crippen LogP contribution in [0.2, 0.25) is 0 Å². The van der Waals surface area contributed by atoms with Crippen molar-refractivity contribution in [2.45, 2.75) is 70.9 Å². The monoisotopic (exact) mass is 553 g/mol. The number of benzene rings is 2. The van der Waals surface area contributed by atoms with E-state index in [1.165, 1.54) is 45.0 Å². The smallest absolute Gasteiger partial charge is 0.328 e. The van der Waals surface area contributed by atoms with Gasteiger partial charge in [0, 0.05) is 24.7 Å². The molecule has 2 aromatic carbocycles. The number of ether oxygens (including phenoxy) is 1. The molecule has 214 valence electrons. The van der Waals surface area contributed by atoms with E-state index in [-0.39, 0.29) is 11.9 Å². The van der Waals surface area contributed by atoms with E-state index >= 15 is 0 Å². The summed E-state index contributed by atoms with van der Waals surface area (Å²) in [6.07, 6.45) is 9.79. The highest BCUT2D eigenvalue weighted by atomic mass is 32.2. The van der Waals surface area contributed by atoms with Crippen LogP contribution in [0.1, 0.15) is 79.4 Å². The molecule has 2 unspecified atom stereocenters. The Morgan fingerprint density at radius 1 is 1.05 bits per heavy atom. The zero-order valence-electron chi connectivity index (χ0n) is 24.3. The van der Waals surface area contributed by atoms with Crippen LogP contribution in [0.5, 0.6) is 0 Å². The van der Waals surface area contributed by atoms with Crippen LogP contribution in [0.4, 0.5) is 0 Å². The summed E-state index contributed by atoms with van der Waals surface area (Å²) < 4.78 is 4.97. The van der Waals surface area contributed by atoms with Crippen molar-refractivity contribution in [1.29, 1.82) is 0 Å². The zero-order chi connectivity index (χ0) is 28.0. The molecule has 1 aliphatic rings. The second-order valence-corrected chi connectivity index (χ2v) is 11.5. The highest BCUT2D eigenvalue weighted by molar-refractivity contribution is 7.98. The maximum Gasteiger partial charge on any atom is 0.328 e. The first-order valence-electron chi connectivity index (χ1n) is 14.5. The van der Waals surface area contributed by atoms with Gasteiger partial charge in [-0.3, -0.25) is 4.79 Å². The standard InChI is InChI=1S/C32H47N3O3S/c1-5-6-14-29(33-18-21-35-19-10-7-11-20-35)25-15-16-27(28(23-25)26-13-9-8-12-24(26)2)31(36)34-30(17-22-39-4)32(37)38-3/h8-9,12-13,15-16,23,29-30,33H,5-7,10-11,14,17-22H2,1-4H3,(H,34,36). The molecule has 0 radical (unpaired) electrons. The lowest BCUT2D eigenvalue weighted by atomic mass is 9.90. The van der Waals surface area contributed by atoms with Gasteiger partial charge in [-0.15, -0.1) is 0 Å². The van der Waals surface area contributed by atoms with Crippen molar-refractivity contribution < 1.29 is 14.3 Å². The Morgan fingerprint density at radius 2 is 1.82 bits per heavy atom. The van der Waals surface area contributed by atoms with Crippen molar-refractivity contribution in [2.75, 3.05) is 45.3 Å². The van der Waals surface area contributed by atoms with Crippen molar-refractivity contribution in [3.05, 3.63) is 59.2 Å². The fourth-order valence-corrected chi connectivity index (χ4v) is 5.78. The van der Waals surface area contributed by atoms with Crippen LogP contribution in [0.25, 0.3) is 11.1 Å². The third-order valence-corrected chi connectivity index (χ3v) is 8.29. The van der Waals surface area contributed by atoms with E-state index in [0.717, 1.165) is 54.8 Å². The highest BCUT2D eigenvalue weighted by Crippen LogP contribution is 2.31. The molecule has 6 nitrogen and oxygen atoms in total. The Bertz CT molecular complexity index is 1050. The quantitative estimate of drug-likeness (QED) is 0.264. The number of carbonyl (C=O) groups is 2. The SMILES string of the molecule is CCCCC(NCCN1CCCCC1)c1ccc(C(=O)NC(CCSC)C(=O)OC)c(-c2ccccc2C)c1. The summed E-state index contributed by atoms with van der Waals surface area (Å²) in [4.78, 5) is 28.6. The third-order valence-electron chi connectivity index (χ3n) is 7.64. The van der Waals surface area contributed by atoms with Gasteiger partial charge < -0.3 is 20.3 Å². The number of aryl methyl sites for hydroxylation is 1. The van der Waals surface area contributed by atoms with Crippen LogP contribution >= 0.6 is 11.8 Å². The number of methoxy groups -OCH3 is 1. The number of amides is 1. The summed E-state index contributed by atoms with van der Waals surface area (Å²) in [6, 6.07) is 13.9. The van der Waals surface area contributed by atoms with E-state index in [4.69, 9.17) is 4.74 Å². The van der Waals surface area contributed by atoms with Crippen LogP contribution in [-0.4, -0.2) is 68.1 Å². The van der Waals surface area contributed by atoms with Crippen LogP contribution in [-0.2, 0) is 9.53 Å². The first-order valence-corrected chi connectivity index (χ1v) is 15.9. The van der Waals surface area contributed by atoms with Gasteiger partial charge in [0.05, 0.1) is 7.11 Å². The van der Waals surface area contributed by atoms with Crippen molar-refractivity contribution in [3.8, 4) is 11.1 Å². The first kappa shape index (κ1) is 31.2. The maximum absolute atomic E-state index is 13.6. The predicted molar refractivity (Wildman–Crippen MR) is 163 cm³/mol. The van der Waals surface area contributed by atoms with Crippen LogP contribution in [0.15, 0.2) is 42.5 Å². The number of hydrogen-bond acceptors (Lipinski definition) is 6. The summed E-state index contributed by atoms with van der Waals surface area (Å²) in [6.45, 7) is 8.72. The number of thioether (sulfide) groups is 1. The van der Waals surface area contributed by atoms with Gasteiger partial charge >= 0.3 is 5.97 Å². The van der Waals surface area contributed by atoms with Crippen LogP contribution in [0.3, 0.4) is 0 Å². The molecule has 0 saturated carbocycles. The van der Waals surface area contributed by atoms with Gasteiger partial charge in [0.2, 0.25) is 0 Å². The van der Waals surface area contributed by atoms with Crippen molar-refractivity contribution in [1.82, 2.24) is 15.5 Å². The number of likely N-dealkylation sites (tertiary alicyclic amines) is 1. The zero-order valence-corrected chi connectivity index (χ0v) is 25.1. The lowest BCUT2D eigenvalue weighted by Gasteiger charge is -2.28. The van der Waals surface area contributed by atoms with E-state index in [2.05, 4.69) is 53.6 Å². The molecule has 1 heterocycles. The summed E-state index contributed by atoms with van der Waals surface area (Å²) in [7, 11) is 1.36. The summed E-state index contributed by atoms with van der Waals surface area (Å²) in [5.41, 5.74) is 4.82. The van der Waals surface area contributed by atoms with Gasteiger partial charge in [0.1, 0.15) is 6.04 Å². The van der Waals surface area contributed by atoms with Gasteiger partial charge in [-0.1, -0.05) is 56.5 Å². The first-order chi connectivity index (χ1) is 19.0. The largest absolute Gasteiger partial charge is 0.467 e. The van der Waals surface area contributed by atoms with E-state index in [9.17, 15) is 9.59 Å². The van der Waals surface area contributed by atoms with Crippen LogP contribution in [0, 0.1) is 6.92 Å². The van der Waals surface area contributed by atoms with Crippen molar-refractivity contribution >= 4 is 23.6 Å². The Kier molecular flexibility index (Phi) is 13.3. The van der Waals surface area contributed by atoms with Crippen molar-refractivity contribution in [3.63, 3.8) is 0 Å². The molecule has 39 heavy (non-hydrogen) atoms. The molecule has 0 aromatic heterocycles. The number of hydrogen-bond donors (Lipinski definition) is 2. The second-order valence-electron chi connectivity index (χ2n) is 10.5. The molecule has 2 aromatic rings. The molecule has 1 aliphatic heterocycles. The average Bonchev–Trinajstić information content (AvgIpc) is 2.97. The van der Waals surface area contributed by atoms with Gasteiger partial charge in [-0.2, -0.15) is 11.8 Å². The molecule has 1 fully saturated rings. The fraction of sp³-hybridized carbons (Fsp3) is 0.562. The summed E-state index contributed by atoms with van der Waals surface area (Å²) >= 11 is 1.64. The topological polar surface area (TPSA) is 70.7 Å². The Balaban J connectivity index is 1.89. The minimum absolute atomic E-state index is 0.221. The normalized spacial score (nSPS) is 15.5. The predicted octanol–water partition coefficient (Wildman–Crippen LogP) is 5.99. The van der Waals surface area contributed by atoms with E-state index in [1.807, 2.05) is 24.5 Å². The average molecular weight is 554 g/mol. The molecule has 0 aliphatic carbocycles. The molecule has 1 amide bonds. The minimum Gasteiger partial charge on any atom is -0.467 e. The molecule has 0 bridgehead atoms. The number of nitrogens with zero attached hydrogens (tertiary/aromatic N) is 1. The third kappa shape index (κ3) is 9.37. The molecule has 7 heteroatoms. The minimum atomic E-state index is -0.673. The van der Waals surface area contributed by atoms with Gasteiger partial charge in [0.15, 0.2) is 0 Å². The second kappa shape index (κ2) is 16.7. The summed E-state index contributed by atoms with van der Waals surface area (Å²) in [5, 5.41) is 6.79. The van der Waals surface area contributed by atoms with E-state index < -0.39 is 12.0 Å². The van der Waals surface area contributed by atoms with E-state index in [1.54, 1.807) is 11.8 Å². The summed E-state index contributed by atoms with van der Waals surface area (Å²) in [5.74, 6) is 0.0923. The fourth-order valence-electron chi connectivity index (χ4n) is 5.31. The number of rotatable bonds is 15. The Hall–Kier alpha value is -2.35. The number of esters is 1. The Morgan fingerprint density at radius 3 is 2.51 bits per heavy atom. The molecular weight excluding hydrogens is 506 g/mol. The molecule has 0 spiro atoms. The lowest BCUT2D eigenvalue weighted by molar-refractivity contribution is -0.142. The van der Waals surface area contributed by atoms with Gasteiger partial charge in [0.25, 0.3) is 5.91 Å². The molecule has 2 atom stereocenters. The molecular formula is C32H47N3O3S. The number of carbonyl (C=O) groups excluding carboxylic acids is 2. The lowest BCUT2D eigenvalue weighted by Crippen LogP contribution is -2.42. The van der Waals surface area contributed by atoms with E-state index in [0.29, 0.717) is 12.0 Å². The number of unbranched alkanes of at least 4 members (excludes halogenated alkanes) is 1.